The van der Waals surface area contributed by atoms with Crippen LogP contribution in [0.15, 0.2) is 42.7 Å². The quantitative estimate of drug-likeness (QED) is 0.880. The van der Waals surface area contributed by atoms with E-state index in [1.807, 2.05) is 18.2 Å². The van der Waals surface area contributed by atoms with E-state index in [0.717, 1.165) is 44.1 Å². The molecule has 6 heteroatoms. The van der Waals surface area contributed by atoms with Gasteiger partial charge >= 0.3 is 0 Å². The Labute approximate surface area is 167 Å². The minimum absolute atomic E-state index is 0.0409. The van der Waals surface area contributed by atoms with Crippen molar-refractivity contribution < 1.29 is 4.79 Å². The van der Waals surface area contributed by atoms with E-state index in [1.54, 1.807) is 12.4 Å². The third-order valence-corrected chi connectivity index (χ3v) is 5.91. The van der Waals surface area contributed by atoms with Crippen LogP contribution in [0.25, 0.3) is 0 Å². The number of benzene rings is 1. The van der Waals surface area contributed by atoms with Crippen molar-refractivity contribution >= 4 is 23.2 Å². The van der Waals surface area contributed by atoms with Gasteiger partial charge in [0.25, 0.3) is 0 Å². The molecule has 0 saturated carbocycles. The van der Waals surface area contributed by atoms with Crippen LogP contribution in [0.5, 0.6) is 0 Å². The predicted molar refractivity (Wildman–Crippen MR) is 113 cm³/mol. The van der Waals surface area contributed by atoms with Crippen LogP contribution in [0.1, 0.15) is 32.6 Å². The molecule has 0 spiro atoms. The molecule has 1 N–H and O–H groups in total. The van der Waals surface area contributed by atoms with Crippen LogP contribution in [0.2, 0.25) is 0 Å². The van der Waals surface area contributed by atoms with Crippen LogP contribution in [-0.2, 0) is 4.79 Å². The Morgan fingerprint density at radius 3 is 2.43 bits per heavy atom. The Kier molecular flexibility index (Phi) is 5.74. The molecule has 1 atom stereocenters. The van der Waals surface area contributed by atoms with E-state index in [4.69, 9.17) is 0 Å². The number of rotatable bonds is 4. The number of nitrogens with zero attached hydrogens (tertiary/aromatic N) is 4. The van der Waals surface area contributed by atoms with Crippen LogP contribution < -0.4 is 15.1 Å². The van der Waals surface area contributed by atoms with Crippen LogP contribution in [0.3, 0.4) is 0 Å². The van der Waals surface area contributed by atoms with Crippen molar-refractivity contribution in [2.45, 2.75) is 32.6 Å². The molecular formula is C22H29N5O. The lowest BCUT2D eigenvalue weighted by atomic mass is 9.97. The zero-order valence-corrected chi connectivity index (χ0v) is 16.6. The van der Waals surface area contributed by atoms with Gasteiger partial charge in [-0.25, -0.2) is 9.97 Å². The lowest BCUT2D eigenvalue weighted by Crippen LogP contribution is -2.41. The van der Waals surface area contributed by atoms with Gasteiger partial charge in [0.05, 0.1) is 5.92 Å². The first-order valence-corrected chi connectivity index (χ1v) is 10.4. The Hall–Kier alpha value is -2.63. The van der Waals surface area contributed by atoms with Crippen LogP contribution in [0.4, 0.5) is 17.3 Å². The average Bonchev–Trinajstić information content (AvgIpc) is 2.76. The van der Waals surface area contributed by atoms with Gasteiger partial charge in [-0.15, -0.1) is 0 Å². The van der Waals surface area contributed by atoms with Crippen LogP contribution >= 0.6 is 0 Å². The molecule has 28 heavy (non-hydrogen) atoms. The molecule has 2 aromatic rings. The standard InChI is InChI=1S/C22H29N5O/c1-17-9-14-26(15-10-17)20-7-5-19(6-8-20)25-21(28)18-4-2-13-27(16-18)22-23-11-3-12-24-22/h3,5-8,11-12,17-18H,2,4,9-10,13-16H2,1H3,(H,25,28). The molecule has 1 aromatic heterocycles. The van der Waals surface area contributed by atoms with Gasteiger partial charge in [0.2, 0.25) is 11.9 Å². The second kappa shape index (κ2) is 8.59. The number of carbonyl (C=O) groups is 1. The third kappa shape index (κ3) is 4.43. The van der Waals surface area contributed by atoms with E-state index in [2.05, 4.69) is 44.1 Å². The molecule has 2 aliphatic heterocycles. The van der Waals surface area contributed by atoms with Gasteiger partial charge in [-0.1, -0.05) is 6.92 Å². The minimum atomic E-state index is -0.0409. The summed E-state index contributed by atoms with van der Waals surface area (Å²) >= 11 is 0. The summed E-state index contributed by atoms with van der Waals surface area (Å²) < 4.78 is 0. The number of hydrogen-bond acceptors (Lipinski definition) is 5. The van der Waals surface area contributed by atoms with Crippen molar-refractivity contribution in [1.82, 2.24) is 9.97 Å². The summed E-state index contributed by atoms with van der Waals surface area (Å²) in [6.07, 6.45) is 7.87. The molecule has 6 nitrogen and oxygen atoms in total. The fourth-order valence-electron chi connectivity index (χ4n) is 4.09. The highest BCUT2D eigenvalue weighted by molar-refractivity contribution is 5.93. The van der Waals surface area contributed by atoms with Crippen molar-refractivity contribution in [1.29, 1.82) is 0 Å². The predicted octanol–water partition coefficient (Wildman–Crippen LogP) is 3.57. The van der Waals surface area contributed by atoms with Crippen LogP contribution in [0, 0.1) is 11.8 Å². The molecule has 1 aromatic carbocycles. The number of nitrogens with one attached hydrogen (secondary N) is 1. The average molecular weight is 380 g/mol. The topological polar surface area (TPSA) is 61.4 Å². The number of hydrogen-bond donors (Lipinski definition) is 1. The van der Waals surface area contributed by atoms with Crippen molar-refractivity contribution in [3.8, 4) is 0 Å². The highest BCUT2D eigenvalue weighted by Gasteiger charge is 2.27. The summed E-state index contributed by atoms with van der Waals surface area (Å²) in [4.78, 5) is 26.0. The summed E-state index contributed by atoms with van der Waals surface area (Å²) in [6.45, 7) is 6.13. The Morgan fingerprint density at radius 1 is 1.00 bits per heavy atom. The molecule has 0 radical (unpaired) electrons. The normalized spacial score (nSPS) is 20.8. The Morgan fingerprint density at radius 2 is 1.71 bits per heavy atom. The maximum Gasteiger partial charge on any atom is 0.229 e. The van der Waals surface area contributed by atoms with Gasteiger partial charge in [0, 0.05) is 49.9 Å². The summed E-state index contributed by atoms with van der Waals surface area (Å²) in [7, 11) is 0. The number of amides is 1. The molecule has 1 unspecified atom stereocenters. The lowest BCUT2D eigenvalue weighted by molar-refractivity contribution is -0.120. The highest BCUT2D eigenvalue weighted by atomic mass is 16.1. The molecule has 2 aliphatic rings. The Balaban J connectivity index is 1.34. The third-order valence-electron chi connectivity index (χ3n) is 5.91. The summed E-state index contributed by atoms with van der Waals surface area (Å²) in [5.74, 6) is 1.58. The lowest BCUT2D eigenvalue weighted by Gasteiger charge is -2.32. The zero-order chi connectivity index (χ0) is 19.3. The van der Waals surface area contributed by atoms with E-state index in [9.17, 15) is 4.79 Å². The molecule has 3 heterocycles. The first-order valence-electron chi connectivity index (χ1n) is 10.4. The van der Waals surface area contributed by atoms with E-state index in [1.165, 1.54) is 18.5 Å². The molecule has 2 fully saturated rings. The maximum absolute atomic E-state index is 12.8. The summed E-state index contributed by atoms with van der Waals surface area (Å²) in [5, 5.41) is 3.10. The first kappa shape index (κ1) is 18.7. The number of carbonyl (C=O) groups excluding carboxylic acids is 1. The largest absolute Gasteiger partial charge is 0.372 e. The first-order chi connectivity index (χ1) is 13.7. The molecule has 0 bridgehead atoms. The van der Waals surface area contributed by atoms with E-state index < -0.39 is 0 Å². The summed E-state index contributed by atoms with van der Waals surface area (Å²) in [6, 6.07) is 10.1. The van der Waals surface area contributed by atoms with E-state index >= 15 is 0 Å². The van der Waals surface area contributed by atoms with Crippen molar-refractivity contribution in [3.05, 3.63) is 42.7 Å². The smallest absolute Gasteiger partial charge is 0.229 e. The second-order valence-corrected chi connectivity index (χ2v) is 8.04. The van der Waals surface area contributed by atoms with Gasteiger partial charge in [0.15, 0.2) is 0 Å². The molecule has 4 rings (SSSR count). The van der Waals surface area contributed by atoms with Crippen molar-refractivity contribution in [3.63, 3.8) is 0 Å². The van der Waals surface area contributed by atoms with Gasteiger partial charge in [-0.2, -0.15) is 0 Å². The van der Waals surface area contributed by atoms with Crippen molar-refractivity contribution in [2.75, 3.05) is 41.3 Å². The van der Waals surface area contributed by atoms with Gasteiger partial charge < -0.3 is 15.1 Å². The van der Waals surface area contributed by atoms with Gasteiger partial charge in [-0.3, -0.25) is 4.79 Å². The monoisotopic (exact) mass is 379 g/mol. The van der Waals surface area contributed by atoms with Crippen molar-refractivity contribution in [2.24, 2.45) is 11.8 Å². The van der Waals surface area contributed by atoms with Gasteiger partial charge in [0.1, 0.15) is 0 Å². The minimum Gasteiger partial charge on any atom is -0.372 e. The molecule has 0 aliphatic carbocycles. The van der Waals surface area contributed by atoms with Crippen LogP contribution in [-0.4, -0.2) is 42.1 Å². The summed E-state index contributed by atoms with van der Waals surface area (Å²) in [5.41, 5.74) is 2.11. The molecular weight excluding hydrogens is 350 g/mol. The second-order valence-electron chi connectivity index (χ2n) is 8.04. The molecule has 148 valence electrons. The highest BCUT2D eigenvalue weighted by Crippen LogP contribution is 2.25. The Bertz CT molecular complexity index is 771. The molecule has 1 amide bonds. The molecule has 2 saturated heterocycles. The fraction of sp³-hybridized carbons (Fsp3) is 0.500. The number of anilines is 3. The number of piperidine rings is 2. The van der Waals surface area contributed by atoms with Gasteiger partial charge in [-0.05, 0) is 61.9 Å². The zero-order valence-electron chi connectivity index (χ0n) is 16.6. The van der Waals surface area contributed by atoms with E-state index in [0.29, 0.717) is 12.5 Å². The number of aromatic nitrogens is 2. The SMILES string of the molecule is CC1CCN(c2ccc(NC(=O)C3CCCN(c4ncccn4)C3)cc2)CC1. The van der Waals surface area contributed by atoms with E-state index in [-0.39, 0.29) is 11.8 Å². The fourth-order valence-corrected chi connectivity index (χ4v) is 4.09. The maximum atomic E-state index is 12.8.